The van der Waals surface area contributed by atoms with Crippen LogP contribution in [0.2, 0.25) is 0 Å². The largest absolute Gasteiger partial charge is 0.342 e. The van der Waals surface area contributed by atoms with Gasteiger partial charge in [-0.2, -0.15) is 0 Å². The molecule has 1 saturated heterocycles. The molecule has 0 spiro atoms. The number of hydrogen-bond acceptors (Lipinski definition) is 3. The number of amides is 1. The lowest BCUT2D eigenvalue weighted by atomic mass is 10.1. The number of rotatable bonds is 8. The average molecular weight is 283 g/mol. The number of likely N-dealkylation sites (N-methyl/N-ethyl adjacent to an activating group) is 1. The van der Waals surface area contributed by atoms with Gasteiger partial charge in [-0.25, -0.2) is 0 Å². The van der Waals surface area contributed by atoms with Crippen molar-refractivity contribution in [3.63, 3.8) is 0 Å². The first kappa shape index (κ1) is 17.4. The first-order valence-electron chi connectivity index (χ1n) is 8.25. The van der Waals surface area contributed by atoms with Gasteiger partial charge in [0.05, 0.1) is 6.04 Å². The van der Waals surface area contributed by atoms with E-state index in [9.17, 15) is 4.79 Å². The highest BCUT2D eigenvalue weighted by Crippen LogP contribution is 2.13. The molecule has 1 amide bonds. The van der Waals surface area contributed by atoms with Gasteiger partial charge in [-0.15, -0.1) is 0 Å². The maximum Gasteiger partial charge on any atom is 0.239 e. The van der Waals surface area contributed by atoms with Crippen molar-refractivity contribution in [2.24, 2.45) is 5.92 Å². The summed E-state index contributed by atoms with van der Waals surface area (Å²) in [5, 5.41) is 3.54. The molecule has 1 N–H and O–H groups in total. The zero-order valence-corrected chi connectivity index (χ0v) is 14.0. The first-order valence-corrected chi connectivity index (χ1v) is 8.25. The van der Waals surface area contributed by atoms with E-state index >= 15 is 0 Å². The van der Waals surface area contributed by atoms with Crippen LogP contribution in [0.1, 0.15) is 47.5 Å². The summed E-state index contributed by atoms with van der Waals surface area (Å²) in [7, 11) is 0. The number of nitrogens with zero attached hydrogens (tertiary/aromatic N) is 2. The summed E-state index contributed by atoms with van der Waals surface area (Å²) in [5.41, 5.74) is 0. The van der Waals surface area contributed by atoms with Gasteiger partial charge in [-0.1, -0.05) is 13.8 Å². The smallest absolute Gasteiger partial charge is 0.239 e. The topological polar surface area (TPSA) is 35.6 Å². The Morgan fingerprint density at radius 1 is 1.25 bits per heavy atom. The van der Waals surface area contributed by atoms with E-state index in [1.54, 1.807) is 0 Å². The molecular weight excluding hydrogens is 250 g/mol. The standard InChI is InChI=1S/C16H33N3O/c1-6-18(7-2)16(20)14(5)19(11-13(3)4)12-15-9-8-10-17-15/h13-15,17H,6-12H2,1-5H3. The monoisotopic (exact) mass is 283 g/mol. The molecule has 4 heteroatoms. The maximum atomic E-state index is 12.6. The minimum atomic E-state index is -0.0142. The van der Waals surface area contributed by atoms with Crippen molar-refractivity contribution >= 4 is 5.91 Å². The molecular formula is C16H33N3O. The summed E-state index contributed by atoms with van der Waals surface area (Å²) < 4.78 is 0. The van der Waals surface area contributed by atoms with Crippen LogP contribution in [0.15, 0.2) is 0 Å². The van der Waals surface area contributed by atoms with Gasteiger partial charge in [-0.05, 0) is 46.1 Å². The number of nitrogens with one attached hydrogen (secondary N) is 1. The summed E-state index contributed by atoms with van der Waals surface area (Å²) in [6, 6.07) is 0.542. The van der Waals surface area contributed by atoms with Crippen molar-refractivity contribution in [3.05, 3.63) is 0 Å². The second kappa shape index (κ2) is 8.63. The van der Waals surface area contributed by atoms with Crippen molar-refractivity contribution in [2.75, 3.05) is 32.7 Å². The fourth-order valence-corrected chi connectivity index (χ4v) is 3.01. The summed E-state index contributed by atoms with van der Waals surface area (Å²) >= 11 is 0. The Morgan fingerprint density at radius 3 is 2.35 bits per heavy atom. The van der Waals surface area contributed by atoms with Gasteiger partial charge in [0.1, 0.15) is 0 Å². The van der Waals surface area contributed by atoms with Gasteiger partial charge < -0.3 is 10.2 Å². The molecule has 20 heavy (non-hydrogen) atoms. The second-order valence-electron chi connectivity index (χ2n) is 6.33. The van der Waals surface area contributed by atoms with Crippen LogP contribution in [-0.2, 0) is 4.79 Å². The van der Waals surface area contributed by atoms with Crippen molar-refractivity contribution < 1.29 is 4.79 Å². The fraction of sp³-hybridized carbons (Fsp3) is 0.938. The zero-order valence-electron chi connectivity index (χ0n) is 14.0. The predicted molar refractivity (Wildman–Crippen MR) is 84.8 cm³/mol. The molecule has 1 fully saturated rings. The minimum absolute atomic E-state index is 0.0142. The Labute approximate surface area is 124 Å². The Morgan fingerprint density at radius 2 is 1.90 bits per heavy atom. The number of hydrogen-bond donors (Lipinski definition) is 1. The predicted octanol–water partition coefficient (Wildman–Crippen LogP) is 1.95. The third-order valence-electron chi connectivity index (χ3n) is 4.20. The molecule has 0 radical (unpaired) electrons. The average Bonchev–Trinajstić information content (AvgIpc) is 2.90. The summed E-state index contributed by atoms with van der Waals surface area (Å²) in [6.07, 6.45) is 2.50. The van der Waals surface area contributed by atoms with Gasteiger partial charge in [0, 0.05) is 32.2 Å². The molecule has 1 aliphatic rings. The van der Waals surface area contributed by atoms with Gasteiger partial charge in [0.15, 0.2) is 0 Å². The van der Waals surface area contributed by atoms with Crippen LogP contribution >= 0.6 is 0 Å². The maximum absolute atomic E-state index is 12.6. The van der Waals surface area contributed by atoms with Crippen LogP contribution < -0.4 is 5.32 Å². The molecule has 1 rings (SSSR count). The van der Waals surface area contributed by atoms with Gasteiger partial charge in [-0.3, -0.25) is 9.69 Å². The lowest BCUT2D eigenvalue weighted by molar-refractivity contribution is -0.136. The molecule has 118 valence electrons. The van der Waals surface area contributed by atoms with Crippen LogP contribution in [-0.4, -0.2) is 60.5 Å². The highest BCUT2D eigenvalue weighted by Gasteiger charge is 2.28. The number of carbonyl (C=O) groups excluding carboxylic acids is 1. The molecule has 4 nitrogen and oxygen atoms in total. The van der Waals surface area contributed by atoms with Crippen molar-refractivity contribution in [2.45, 2.75) is 59.5 Å². The Balaban J connectivity index is 2.66. The fourth-order valence-electron chi connectivity index (χ4n) is 3.01. The molecule has 0 aromatic rings. The molecule has 0 aromatic carbocycles. The highest BCUT2D eigenvalue weighted by atomic mass is 16.2. The molecule has 2 atom stereocenters. The lowest BCUT2D eigenvalue weighted by Gasteiger charge is -2.34. The van der Waals surface area contributed by atoms with Crippen LogP contribution in [0.25, 0.3) is 0 Å². The van der Waals surface area contributed by atoms with E-state index in [2.05, 4.69) is 44.8 Å². The van der Waals surface area contributed by atoms with Crippen molar-refractivity contribution in [3.8, 4) is 0 Å². The first-order chi connectivity index (χ1) is 9.49. The molecule has 0 aliphatic carbocycles. The van der Waals surface area contributed by atoms with E-state index in [4.69, 9.17) is 0 Å². The lowest BCUT2D eigenvalue weighted by Crippen LogP contribution is -2.51. The second-order valence-corrected chi connectivity index (χ2v) is 6.33. The third kappa shape index (κ3) is 5.06. The van der Waals surface area contributed by atoms with Crippen LogP contribution in [0, 0.1) is 5.92 Å². The molecule has 2 unspecified atom stereocenters. The summed E-state index contributed by atoms with van der Waals surface area (Å²) in [4.78, 5) is 16.9. The quantitative estimate of drug-likeness (QED) is 0.739. The molecule has 1 heterocycles. The van der Waals surface area contributed by atoms with Crippen LogP contribution in [0.3, 0.4) is 0 Å². The van der Waals surface area contributed by atoms with E-state index in [-0.39, 0.29) is 11.9 Å². The van der Waals surface area contributed by atoms with E-state index < -0.39 is 0 Å². The molecule has 0 aromatic heterocycles. The van der Waals surface area contributed by atoms with E-state index in [0.717, 1.165) is 32.7 Å². The summed E-state index contributed by atoms with van der Waals surface area (Å²) in [5.74, 6) is 0.858. The third-order valence-corrected chi connectivity index (χ3v) is 4.20. The zero-order chi connectivity index (χ0) is 15.1. The molecule has 0 saturated carbocycles. The Bertz CT molecular complexity index is 283. The Hall–Kier alpha value is -0.610. The Kier molecular flexibility index (Phi) is 7.52. The van der Waals surface area contributed by atoms with Gasteiger partial charge in [0.25, 0.3) is 0 Å². The van der Waals surface area contributed by atoms with E-state index in [1.807, 2.05) is 4.90 Å². The SMILES string of the molecule is CCN(CC)C(=O)C(C)N(CC(C)C)CC1CCCN1. The minimum Gasteiger partial charge on any atom is -0.342 e. The van der Waals surface area contributed by atoms with Crippen molar-refractivity contribution in [1.82, 2.24) is 15.1 Å². The van der Waals surface area contributed by atoms with Gasteiger partial charge >= 0.3 is 0 Å². The van der Waals surface area contributed by atoms with E-state index in [0.29, 0.717) is 12.0 Å². The van der Waals surface area contributed by atoms with E-state index in [1.165, 1.54) is 12.8 Å². The number of carbonyl (C=O) groups is 1. The normalized spacial score (nSPS) is 20.6. The highest BCUT2D eigenvalue weighted by molar-refractivity contribution is 5.81. The molecule has 0 bridgehead atoms. The van der Waals surface area contributed by atoms with Crippen LogP contribution in [0.4, 0.5) is 0 Å². The molecule has 1 aliphatic heterocycles. The van der Waals surface area contributed by atoms with Crippen LogP contribution in [0.5, 0.6) is 0 Å². The van der Waals surface area contributed by atoms with Gasteiger partial charge in [0.2, 0.25) is 5.91 Å². The summed E-state index contributed by atoms with van der Waals surface area (Å²) in [6.45, 7) is 15.3. The van der Waals surface area contributed by atoms with Crippen molar-refractivity contribution in [1.29, 1.82) is 0 Å².